The van der Waals surface area contributed by atoms with E-state index < -0.39 is 149 Å². The molecular formula is C74H135N13O12S. The maximum absolute atomic E-state index is 15.6. The molecule has 2 saturated heterocycles. The number of piperazine rings is 1. The van der Waals surface area contributed by atoms with Gasteiger partial charge in [0, 0.05) is 94.2 Å². The summed E-state index contributed by atoms with van der Waals surface area (Å²) >= 11 is 1.47. The zero-order valence-electron chi connectivity index (χ0n) is 66.2. The van der Waals surface area contributed by atoms with Crippen molar-refractivity contribution < 1.29 is 57.8 Å². The van der Waals surface area contributed by atoms with Gasteiger partial charge in [-0.05, 0) is 133 Å². The highest BCUT2D eigenvalue weighted by molar-refractivity contribution is 7.99. The largest absolute Gasteiger partial charge is 0.390 e. The van der Waals surface area contributed by atoms with E-state index in [1.165, 1.54) is 123 Å². The molecule has 2 heterocycles. The van der Waals surface area contributed by atoms with E-state index in [1.54, 1.807) is 34.6 Å². The Balaban J connectivity index is 3.06. The minimum absolute atomic E-state index is 0.0641. The highest BCUT2D eigenvalue weighted by atomic mass is 32.2. The average Bonchev–Trinajstić information content (AvgIpc) is 0.810. The topological polar surface area (TPSA) is 285 Å². The second-order valence-electron chi connectivity index (χ2n) is 31.6. The smallest absolute Gasteiger partial charge is 0.246 e. The predicted molar refractivity (Wildman–Crippen MR) is 397 cm³/mol. The predicted octanol–water partition coefficient (Wildman–Crippen LogP) is 5.18. The molecular weight excluding hydrogens is 1290 g/mol. The number of thioether (sulfide) groups is 1. The monoisotopic (exact) mass is 1430 g/mol. The van der Waals surface area contributed by atoms with Gasteiger partial charge in [-0.2, -0.15) is 11.8 Å². The Morgan fingerprint density at radius 3 is 1.40 bits per heavy atom. The van der Waals surface area contributed by atoms with E-state index in [2.05, 4.69) is 44.9 Å². The lowest BCUT2D eigenvalue weighted by atomic mass is 9.93. The van der Waals surface area contributed by atoms with Crippen LogP contribution in [-0.2, 0) is 52.7 Å². The number of allylic oxidation sites excluding steroid dienone is 2. The van der Waals surface area contributed by atoms with Crippen LogP contribution in [0.3, 0.4) is 0 Å². The summed E-state index contributed by atoms with van der Waals surface area (Å²) in [6, 6.07) is -13.4. The molecule has 2 rings (SSSR count). The molecule has 0 spiro atoms. The summed E-state index contributed by atoms with van der Waals surface area (Å²) in [6.07, 6.45) is 5.57. The molecule has 11 amide bonds. The van der Waals surface area contributed by atoms with Gasteiger partial charge in [0.25, 0.3) is 0 Å². The Labute approximate surface area is 605 Å². The van der Waals surface area contributed by atoms with Gasteiger partial charge in [0.2, 0.25) is 65.0 Å². The maximum Gasteiger partial charge on any atom is 0.246 e. The normalized spacial score (nSPS) is 26.6. The summed E-state index contributed by atoms with van der Waals surface area (Å²) in [7, 11) is 10.3. The molecule has 5 N–H and O–H groups in total. The van der Waals surface area contributed by atoms with Crippen molar-refractivity contribution in [3.05, 3.63) is 12.2 Å². The summed E-state index contributed by atoms with van der Waals surface area (Å²) in [5.74, 6) is -7.58. The molecule has 0 aliphatic carbocycles. The number of hydrogen-bond acceptors (Lipinski definition) is 15. The van der Waals surface area contributed by atoms with Crippen LogP contribution >= 0.6 is 11.8 Å². The maximum atomic E-state index is 15.6. The summed E-state index contributed by atoms with van der Waals surface area (Å²) in [5.41, 5.74) is -1.56. The van der Waals surface area contributed by atoms with Crippen LogP contribution in [0.2, 0.25) is 0 Å². The third-order valence-electron chi connectivity index (χ3n) is 19.3. The summed E-state index contributed by atoms with van der Waals surface area (Å²) < 4.78 is 0. The lowest BCUT2D eigenvalue weighted by molar-refractivity contribution is -0.156. The van der Waals surface area contributed by atoms with Gasteiger partial charge in [-0.15, -0.1) is 0 Å². The van der Waals surface area contributed by atoms with E-state index in [9.17, 15) is 24.3 Å². The number of likely N-dealkylation sites (N-methyl/N-ethyl adjacent to an activating group) is 7. The number of carbonyl (C=O) groups is 11. The summed E-state index contributed by atoms with van der Waals surface area (Å²) in [6.45, 7) is 39.9. The van der Waals surface area contributed by atoms with Gasteiger partial charge in [0.05, 0.1) is 5.60 Å². The molecule has 100 heavy (non-hydrogen) atoms. The fourth-order valence-electron chi connectivity index (χ4n) is 13.2. The van der Waals surface area contributed by atoms with Crippen molar-refractivity contribution in [1.29, 1.82) is 0 Å². The Kier molecular flexibility index (Phi) is 37.9. The molecule has 574 valence electrons. The van der Waals surface area contributed by atoms with Crippen molar-refractivity contribution in [2.45, 2.75) is 255 Å². The third kappa shape index (κ3) is 27.4. The Morgan fingerprint density at radius 2 is 0.910 bits per heavy atom. The van der Waals surface area contributed by atoms with Crippen LogP contribution < -0.4 is 21.3 Å². The molecule has 0 aromatic carbocycles. The number of rotatable bonds is 23. The first kappa shape index (κ1) is 90.2. The fraction of sp³-hybridized carbons (Fsp3) is 0.824. The SMILES string of the molecule is C/C=C/C[C@@H](C)C[C@H]1C(=O)N[C@@H](CC)C(=O)N(C)[C@H](CSCCCN2CCN(CC(C)C)CC2)C(=O)N(C)[C@@H](CC(C)(C)O)C(=O)N[C@H](C(C)C)C(=O)N(C)[C@H](CC(C)C)C(=O)N[C@H](C)C(=O)N[C@@H](C)C(=O)N(C)[C@@H](CC(C)C)C(=O)N(C)[C@@H](CC(C)C)C(=O)N(C)[C@@H](C(C)C)C(=O)N1C. The molecule has 2 fully saturated rings. The number of nitrogens with one attached hydrogen (secondary N) is 4. The van der Waals surface area contributed by atoms with Crippen molar-refractivity contribution in [3.63, 3.8) is 0 Å². The summed E-state index contributed by atoms with van der Waals surface area (Å²) in [4.78, 5) is 179. The van der Waals surface area contributed by atoms with E-state index in [4.69, 9.17) is 0 Å². The minimum atomic E-state index is -1.56. The zero-order chi connectivity index (χ0) is 76.7. The third-order valence-corrected chi connectivity index (χ3v) is 20.5. The second-order valence-corrected chi connectivity index (χ2v) is 32.8. The van der Waals surface area contributed by atoms with Crippen molar-refractivity contribution in [3.8, 4) is 0 Å². The number of aliphatic hydroxyl groups is 1. The van der Waals surface area contributed by atoms with E-state index in [0.29, 0.717) is 18.1 Å². The lowest BCUT2D eigenvalue weighted by Crippen LogP contribution is -2.62. The van der Waals surface area contributed by atoms with Gasteiger partial charge in [-0.1, -0.05) is 109 Å². The van der Waals surface area contributed by atoms with E-state index in [-0.39, 0.29) is 67.9 Å². The number of hydrogen-bond donors (Lipinski definition) is 5. The molecule has 0 bridgehead atoms. The Hall–Kier alpha value is -5.86. The van der Waals surface area contributed by atoms with Gasteiger partial charge in [-0.3, -0.25) is 52.7 Å². The molecule has 2 aliphatic rings. The average molecular weight is 1430 g/mol. The highest BCUT2D eigenvalue weighted by Crippen LogP contribution is 2.27. The number of carbonyl (C=O) groups excluding carboxylic acids is 11. The second kappa shape index (κ2) is 42.0. The van der Waals surface area contributed by atoms with Crippen LogP contribution in [-0.4, -0.2) is 286 Å². The minimum Gasteiger partial charge on any atom is -0.390 e. The molecule has 12 atom stereocenters. The Morgan fingerprint density at radius 1 is 0.480 bits per heavy atom. The van der Waals surface area contributed by atoms with Crippen molar-refractivity contribution in [1.82, 2.24) is 65.4 Å². The van der Waals surface area contributed by atoms with Crippen LogP contribution in [0, 0.1) is 41.4 Å². The number of nitrogens with zero attached hydrogens (tertiary/aromatic N) is 9. The fourth-order valence-corrected chi connectivity index (χ4v) is 14.3. The van der Waals surface area contributed by atoms with Crippen LogP contribution in [0.5, 0.6) is 0 Å². The summed E-state index contributed by atoms with van der Waals surface area (Å²) in [5, 5.41) is 22.8. The molecule has 2 aliphatic heterocycles. The quantitative estimate of drug-likeness (QED) is 0.0651. The standard InChI is InChI=1S/C74H135N13O12S/c1-27-29-31-51(15)41-56-65(90)77-54(28-2)68(93)84(25)60(44-100-37-30-32-86-33-35-87(36-34-86)43-48(9)10)71(96)83(24)59(42-74(18,19)99)66(91)78-61(49(11)12)72(97)79(20)55(38-45(3)4)64(89)75-52(16)63(88)76-53(17)67(92)81(22)57(39-46(5)6)69(94)82(23)58(40-47(7)8)70(95)85(26)62(50(13)14)73(98)80(56)21/h27,29,45-62,99H,28,30-44H2,1-26H3,(H,75,89)(H,76,88)(H,77,90)(H,78,91)/b29-27+/t51-,52-,53+,54+,55-,56+,57+,58+,59+,60-,61-,62+/m1/s1. The van der Waals surface area contributed by atoms with Crippen molar-refractivity contribution >= 4 is 76.7 Å². The van der Waals surface area contributed by atoms with E-state index >= 15 is 33.6 Å². The van der Waals surface area contributed by atoms with Gasteiger partial charge in [0.1, 0.15) is 66.5 Å². The van der Waals surface area contributed by atoms with Crippen LogP contribution in [0.25, 0.3) is 0 Å². The molecule has 0 unspecified atom stereocenters. The van der Waals surface area contributed by atoms with Gasteiger partial charge in [0.15, 0.2) is 0 Å². The Bertz CT molecular complexity index is 2720. The van der Waals surface area contributed by atoms with Gasteiger partial charge < -0.3 is 70.5 Å². The molecule has 0 radical (unpaired) electrons. The highest BCUT2D eigenvalue weighted by Gasteiger charge is 2.46. The number of amides is 11. The van der Waals surface area contributed by atoms with Gasteiger partial charge >= 0.3 is 0 Å². The van der Waals surface area contributed by atoms with Crippen molar-refractivity contribution in [2.24, 2.45) is 41.4 Å². The molecule has 0 aromatic heterocycles. The van der Waals surface area contributed by atoms with Crippen LogP contribution in [0.1, 0.15) is 183 Å². The molecule has 0 aromatic rings. The first-order valence-electron chi connectivity index (χ1n) is 36.8. The molecule has 25 nitrogen and oxygen atoms in total. The first-order valence-corrected chi connectivity index (χ1v) is 37.9. The van der Waals surface area contributed by atoms with E-state index in [0.717, 1.165) is 45.7 Å². The molecule has 0 saturated carbocycles. The lowest BCUT2D eigenvalue weighted by Gasteiger charge is -2.41. The zero-order valence-corrected chi connectivity index (χ0v) is 67.0. The first-order chi connectivity index (χ1) is 46.3. The van der Waals surface area contributed by atoms with Crippen molar-refractivity contribution in [2.75, 3.05) is 100 Å². The van der Waals surface area contributed by atoms with E-state index in [1.807, 2.05) is 67.5 Å². The molecule has 26 heteroatoms. The van der Waals surface area contributed by atoms with Crippen LogP contribution in [0.15, 0.2) is 12.2 Å². The van der Waals surface area contributed by atoms with Gasteiger partial charge in [-0.25, -0.2) is 0 Å². The van der Waals surface area contributed by atoms with Crippen LogP contribution in [0.4, 0.5) is 0 Å².